The minimum atomic E-state index is -0.455. The first kappa shape index (κ1) is 18.2. The van der Waals surface area contributed by atoms with E-state index in [0.717, 1.165) is 22.7 Å². The van der Waals surface area contributed by atoms with E-state index in [4.69, 9.17) is 0 Å². The van der Waals surface area contributed by atoms with Crippen molar-refractivity contribution >= 4 is 17.4 Å². The molecule has 6 heteroatoms. The third kappa shape index (κ3) is 4.91. The third-order valence-corrected chi connectivity index (χ3v) is 5.42. The summed E-state index contributed by atoms with van der Waals surface area (Å²) >= 11 is 1.64. The van der Waals surface area contributed by atoms with Gasteiger partial charge in [-0.1, -0.05) is 27.7 Å². The number of rotatable bonds is 7. The molecule has 0 radical (unpaired) electrons. The van der Waals surface area contributed by atoms with Crippen LogP contribution in [0.25, 0.3) is 0 Å². The van der Waals surface area contributed by atoms with Gasteiger partial charge in [-0.2, -0.15) is 0 Å². The number of aromatic nitrogens is 1. The fraction of sp³-hybridized carbons (Fsp3) is 0.765. The smallest absolute Gasteiger partial charge is 0.315 e. The molecular formula is C17H29N3O2S. The van der Waals surface area contributed by atoms with E-state index in [1.54, 1.807) is 11.3 Å². The molecule has 1 heterocycles. The minimum Gasteiger partial charge on any atom is -0.392 e. The number of urea groups is 1. The molecule has 1 aromatic rings. The number of carbonyl (C=O) groups is 1. The van der Waals surface area contributed by atoms with Crippen LogP contribution in [-0.4, -0.2) is 28.8 Å². The first-order valence-electron chi connectivity index (χ1n) is 8.35. The number of aliphatic hydroxyl groups excluding tert-OH is 1. The molecule has 1 aliphatic carbocycles. The SMILES string of the molecule is Cc1cnc(C(NC(=O)NCC(C)(C)C(O)C(C)C)C2CC2)s1. The van der Waals surface area contributed by atoms with Crippen LogP contribution in [0, 0.1) is 24.2 Å². The number of carbonyl (C=O) groups excluding carboxylic acids is 1. The highest BCUT2D eigenvalue weighted by atomic mass is 32.1. The first-order chi connectivity index (χ1) is 10.7. The normalized spacial score (nSPS) is 17.9. The van der Waals surface area contributed by atoms with Crippen LogP contribution in [0.5, 0.6) is 0 Å². The van der Waals surface area contributed by atoms with E-state index in [1.807, 2.05) is 40.8 Å². The first-order valence-corrected chi connectivity index (χ1v) is 9.17. The largest absolute Gasteiger partial charge is 0.392 e. The van der Waals surface area contributed by atoms with Gasteiger partial charge in [-0.3, -0.25) is 0 Å². The number of hydrogen-bond acceptors (Lipinski definition) is 4. The number of hydrogen-bond donors (Lipinski definition) is 3. The summed E-state index contributed by atoms with van der Waals surface area (Å²) in [6, 6.07) is -0.175. The predicted octanol–water partition coefficient (Wildman–Crippen LogP) is 3.24. The summed E-state index contributed by atoms with van der Waals surface area (Å²) in [6.07, 6.45) is 3.68. The van der Waals surface area contributed by atoms with Crippen molar-refractivity contribution in [3.63, 3.8) is 0 Å². The molecule has 0 bridgehead atoms. The average Bonchev–Trinajstić information content (AvgIpc) is 3.23. The standard InChI is InChI=1S/C17H29N3O2S/c1-10(2)14(21)17(4,5)9-19-16(22)20-13(12-6-7-12)15-18-8-11(3)23-15/h8,10,12-14,21H,6-7,9H2,1-5H3,(H2,19,20,22). The second kappa shape index (κ2) is 7.18. The number of thiazole rings is 1. The topological polar surface area (TPSA) is 74.2 Å². The molecule has 2 atom stereocenters. The molecule has 0 spiro atoms. The zero-order chi connectivity index (χ0) is 17.2. The van der Waals surface area contributed by atoms with Crippen LogP contribution in [0.15, 0.2) is 6.20 Å². The van der Waals surface area contributed by atoms with Gasteiger partial charge in [-0.25, -0.2) is 9.78 Å². The van der Waals surface area contributed by atoms with Crippen LogP contribution in [0.1, 0.15) is 56.5 Å². The van der Waals surface area contributed by atoms with Gasteiger partial charge >= 0.3 is 6.03 Å². The van der Waals surface area contributed by atoms with Crippen molar-refractivity contribution < 1.29 is 9.90 Å². The van der Waals surface area contributed by atoms with Gasteiger partial charge < -0.3 is 15.7 Å². The van der Waals surface area contributed by atoms with Crippen LogP contribution in [-0.2, 0) is 0 Å². The Kier molecular flexibility index (Phi) is 5.68. The number of amides is 2. The van der Waals surface area contributed by atoms with Gasteiger partial charge in [0.15, 0.2) is 0 Å². The fourth-order valence-electron chi connectivity index (χ4n) is 2.83. The van der Waals surface area contributed by atoms with E-state index >= 15 is 0 Å². The minimum absolute atomic E-state index is 0.00633. The molecule has 130 valence electrons. The molecule has 2 unspecified atom stereocenters. The van der Waals surface area contributed by atoms with Crippen molar-refractivity contribution in [1.82, 2.24) is 15.6 Å². The maximum Gasteiger partial charge on any atom is 0.315 e. The van der Waals surface area contributed by atoms with Gasteiger partial charge in [0.2, 0.25) is 0 Å². The molecule has 0 aliphatic heterocycles. The second-order valence-electron chi connectivity index (χ2n) is 7.63. The van der Waals surface area contributed by atoms with Gasteiger partial charge in [0.25, 0.3) is 0 Å². The van der Waals surface area contributed by atoms with Crippen LogP contribution in [0.4, 0.5) is 4.79 Å². The molecule has 0 aromatic carbocycles. The maximum absolute atomic E-state index is 12.3. The Morgan fingerprint density at radius 1 is 1.48 bits per heavy atom. The lowest BCUT2D eigenvalue weighted by Gasteiger charge is -2.33. The fourth-order valence-corrected chi connectivity index (χ4v) is 3.75. The lowest BCUT2D eigenvalue weighted by Crippen LogP contribution is -2.47. The predicted molar refractivity (Wildman–Crippen MR) is 93.5 cm³/mol. The summed E-state index contributed by atoms with van der Waals surface area (Å²) in [4.78, 5) is 17.9. The van der Waals surface area contributed by atoms with Gasteiger partial charge in [0, 0.05) is 23.0 Å². The lowest BCUT2D eigenvalue weighted by atomic mass is 9.81. The number of nitrogens with zero attached hydrogens (tertiary/aromatic N) is 1. The van der Waals surface area contributed by atoms with Crippen molar-refractivity contribution in [2.24, 2.45) is 17.3 Å². The lowest BCUT2D eigenvalue weighted by molar-refractivity contribution is 0.0151. The summed E-state index contributed by atoms with van der Waals surface area (Å²) in [5, 5.41) is 17.2. The molecule has 1 aliphatic rings. The molecule has 5 nitrogen and oxygen atoms in total. The molecular weight excluding hydrogens is 310 g/mol. The van der Waals surface area contributed by atoms with Crippen LogP contribution < -0.4 is 10.6 Å². The highest BCUT2D eigenvalue weighted by Gasteiger charge is 2.36. The quantitative estimate of drug-likeness (QED) is 0.714. The van der Waals surface area contributed by atoms with E-state index < -0.39 is 6.10 Å². The molecule has 1 aromatic heterocycles. The highest BCUT2D eigenvalue weighted by molar-refractivity contribution is 7.11. The molecule has 0 saturated heterocycles. The Morgan fingerprint density at radius 3 is 2.61 bits per heavy atom. The second-order valence-corrected chi connectivity index (χ2v) is 8.90. The van der Waals surface area contributed by atoms with Crippen LogP contribution in [0.2, 0.25) is 0 Å². The van der Waals surface area contributed by atoms with Crippen LogP contribution >= 0.6 is 11.3 Å². The Morgan fingerprint density at radius 2 is 2.13 bits per heavy atom. The molecule has 23 heavy (non-hydrogen) atoms. The molecule has 3 N–H and O–H groups in total. The number of aliphatic hydroxyl groups is 1. The molecule has 1 saturated carbocycles. The third-order valence-electron chi connectivity index (χ3n) is 4.42. The maximum atomic E-state index is 12.3. The Labute approximate surface area is 142 Å². The zero-order valence-corrected chi connectivity index (χ0v) is 15.5. The highest BCUT2D eigenvalue weighted by Crippen LogP contribution is 2.42. The van der Waals surface area contributed by atoms with Gasteiger partial charge in [0.1, 0.15) is 5.01 Å². The van der Waals surface area contributed by atoms with Crippen molar-refractivity contribution in [3.8, 4) is 0 Å². The molecule has 2 rings (SSSR count). The summed E-state index contributed by atoms with van der Waals surface area (Å²) < 4.78 is 0. The summed E-state index contributed by atoms with van der Waals surface area (Å²) in [5.41, 5.74) is -0.363. The number of nitrogens with one attached hydrogen (secondary N) is 2. The summed E-state index contributed by atoms with van der Waals surface area (Å²) in [6.45, 7) is 10.4. The monoisotopic (exact) mass is 339 g/mol. The van der Waals surface area contributed by atoms with Crippen molar-refractivity contribution in [1.29, 1.82) is 0 Å². The summed E-state index contributed by atoms with van der Waals surface area (Å²) in [7, 11) is 0. The van der Waals surface area contributed by atoms with Crippen molar-refractivity contribution in [2.75, 3.05) is 6.54 Å². The van der Waals surface area contributed by atoms with Crippen molar-refractivity contribution in [2.45, 2.75) is 59.6 Å². The van der Waals surface area contributed by atoms with E-state index in [9.17, 15) is 9.90 Å². The Balaban J connectivity index is 1.90. The van der Waals surface area contributed by atoms with E-state index in [0.29, 0.717) is 12.5 Å². The van der Waals surface area contributed by atoms with E-state index in [-0.39, 0.29) is 23.4 Å². The van der Waals surface area contributed by atoms with E-state index in [2.05, 4.69) is 15.6 Å². The van der Waals surface area contributed by atoms with E-state index in [1.165, 1.54) is 0 Å². The van der Waals surface area contributed by atoms with Crippen LogP contribution in [0.3, 0.4) is 0 Å². The molecule has 2 amide bonds. The van der Waals surface area contributed by atoms with Gasteiger partial charge in [0.05, 0.1) is 12.1 Å². The summed E-state index contributed by atoms with van der Waals surface area (Å²) in [5.74, 6) is 0.660. The zero-order valence-electron chi connectivity index (χ0n) is 14.7. The number of aryl methyl sites for hydroxylation is 1. The van der Waals surface area contributed by atoms with Gasteiger partial charge in [-0.15, -0.1) is 11.3 Å². The Bertz CT molecular complexity index is 538. The van der Waals surface area contributed by atoms with Gasteiger partial charge in [-0.05, 0) is 31.6 Å². The van der Waals surface area contributed by atoms with Crippen molar-refractivity contribution in [3.05, 3.63) is 16.1 Å². The molecule has 1 fully saturated rings. The Hall–Kier alpha value is -1.14. The average molecular weight is 340 g/mol.